The molecule has 7 nitrogen and oxygen atoms in total. The number of hydrogen-bond donors (Lipinski definition) is 1. The number of benzene rings is 2. The van der Waals surface area contributed by atoms with E-state index in [0.717, 1.165) is 24.7 Å². The zero-order chi connectivity index (χ0) is 25.8. The lowest BCUT2D eigenvalue weighted by atomic mass is 10.1. The Morgan fingerprint density at radius 3 is 2.37 bits per heavy atom. The van der Waals surface area contributed by atoms with Crippen molar-refractivity contribution in [3.8, 4) is 0 Å². The summed E-state index contributed by atoms with van der Waals surface area (Å²) < 4.78 is 26.0. The Bertz CT molecular complexity index is 1060. The second-order valence-corrected chi connectivity index (χ2v) is 10.9. The Kier molecular flexibility index (Phi) is 11.5. The van der Waals surface area contributed by atoms with Crippen molar-refractivity contribution in [3.63, 3.8) is 0 Å². The SMILES string of the molecule is CCCCNC(=O)[C@@H](C)N(CCc1ccccc1)C(=O)CCCN(c1cccc(Cl)c1)S(C)(=O)=O. The molecule has 2 amide bonds. The monoisotopic (exact) mass is 521 g/mol. The van der Waals surface area contributed by atoms with E-state index in [2.05, 4.69) is 12.2 Å². The van der Waals surface area contributed by atoms with Crippen LogP contribution < -0.4 is 9.62 Å². The van der Waals surface area contributed by atoms with Gasteiger partial charge in [0.1, 0.15) is 6.04 Å². The summed E-state index contributed by atoms with van der Waals surface area (Å²) in [5.74, 6) is -0.366. The number of carbonyl (C=O) groups is 2. The molecule has 0 heterocycles. The van der Waals surface area contributed by atoms with Gasteiger partial charge in [0.25, 0.3) is 0 Å². The fourth-order valence-electron chi connectivity index (χ4n) is 3.74. The predicted molar refractivity (Wildman–Crippen MR) is 142 cm³/mol. The second kappa shape index (κ2) is 14.1. The van der Waals surface area contributed by atoms with E-state index in [9.17, 15) is 18.0 Å². The second-order valence-electron chi connectivity index (χ2n) is 8.56. The molecule has 2 aromatic rings. The molecule has 0 radical (unpaired) electrons. The Morgan fingerprint density at radius 2 is 1.74 bits per heavy atom. The van der Waals surface area contributed by atoms with Gasteiger partial charge in [-0.1, -0.05) is 61.3 Å². The first kappa shape index (κ1) is 28.7. The molecule has 0 saturated heterocycles. The van der Waals surface area contributed by atoms with E-state index in [0.29, 0.717) is 36.6 Å². The van der Waals surface area contributed by atoms with Crippen molar-refractivity contribution < 1.29 is 18.0 Å². The van der Waals surface area contributed by atoms with Crippen molar-refractivity contribution in [3.05, 3.63) is 65.2 Å². The highest BCUT2D eigenvalue weighted by Crippen LogP contribution is 2.22. The maximum absolute atomic E-state index is 13.2. The number of amides is 2. The summed E-state index contributed by atoms with van der Waals surface area (Å²) in [6.07, 6.45) is 4.02. The lowest BCUT2D eigenvalue weighted by Crippen LogP contribution is -2.49. The van der Waals surface area contributed by atoms with Gasteiger partial charge in [0.05, 0.1) is 11.9 Å². The minimum Gasteiger partial charge on any atom is -0.354 e. The summed E-state index contributed by atoms with van der Waals surface area (Å²) in [6.45, 7) is 4.89. The summed E-state index contributed by atoms with van der Waals surface area (Å²) in [6, 6.07) is 15.8. The Morgan fingerprint density at radius 1 is 1.03 bits per heavy atom. The molecule has 0 aliphatic carbocycles. The topological polar surface area (TPSA) is 86.8 Å². The molecule has 0 aliphatic heterocycles. The van der Waals surface area contributed by atoms with Crippen LogP contribution in [0.3, 0.4) is 0 Å². The number of hydrogen-bond acceptors (Lipinski definition) is 4. The first-order valence-corrected chi connectivity index (χ1v) is 14.2. The number of nitrogens with one attached hydrogen (secondary N) is 1. The summed E-state index contributed by atoms with van der Waals surface area (Å²) in [4.78, 5) is 27.5. The van der Waals surface area contributed by atoms with Crippen LogP contribution in [-0.2, 0) is 26.0 Å². The third-order valence-electron chi connectivity index (χ3n) is 5.73. The van der Waals surface area contributed by atoms with Gasteiger partial charge in [-0.3, -0.25) is 13.9 Å². The fraction of sp³-hybridized carbons (Fsp3) is 0.462. The van der Waals surface area contributed by atoms with Crippen molar-refractivity contribution >= 4 is 39.1 Å². The van der Waals surface area contributed by atoms with Crippen molar-refractivity contribution in [2.75, 3.05) is 30.2 Å². The fourth-order valence-corrected chi connectivity index (χ4v) is 4.88. The number of sulfonamides is 1. The molecule has 0 spiro atoms. The number of carbonyl (C=O) groups excluding carboxylic acids is 2. The average Bonchev–Trinajstić information content (AvgIpc) is 2.81. The van der Waals surface area contributed by atoms with Gasteiger partial charge in [-0.25, -0.2) is 8.42 Å². The minimum absolute atomic E-state index is 0.119. The molecular formula is C26H36ClN3O4S. The van der Waals surface area contributed by atoms with Crippen LogP contribution in [-0.4, -0.2) is 57.1 Å². The minimum atomic E-state index is -3.56. The quantitative estimate of drug-likeness (QED) is 0.376. The Balaban J connectivity index is 2.08. The molecule has 0 saturated carbocycles. The highest BCUT2D eigenvalue weighted by molar-refractivity contribution is 7.92. The normalized spacial score (nSPS) is 12.1. The molecule has 1 N–H and O–H groups in total. The van der Waals surface area contributed by atoms with Gasteiger partial charge in [0, 0.05) is 31.1 Å². The maximum atomic E-state index is 13.2. The number of rotatable bonds is 14. The molecule has 2 aromatic carbocycles. The molecule has 0 aliphatic rings. The molecule has 2 rings (SSSR count). The molecule has 1 atom stereocenters. The van der Waals surface area contributed by atoms with Gasteiger partial charge in [-0.15, -0.1) is 0 Å². The Hall–Kier alpha value is -2.58. The third-order valence-corrected chi connectivity index (χ3v) is 7.16. The smallest absolute Gasteiger partial charge is 0.242 e. The number of nitrogens with zero attached hydrogens (tertiary/aromatic N) is 2. The molecule has 192 valence electrons. The van der Waals surface area contributed by atoms with Crippen LogP contribution in [0.25, 0.3) is 0 Å². The highest BCUT2D eigenvalue weighted by atomic mass is 35.5. The number of unbranched alkanes of at least 4 members (excludes halogenated alkanes) is 1. The first-order chi connectivity index (χ1) is 16.6. The molecule has 0 aromatic heterocycles. The largest absolute Gasteiger partial charge is 0.354 e. The van der Waals surface area contributed by atoms with Crippen molar-refractivity contribution in [2.45, 2.75) is 52.0 Å². The standard InChI is InChI=1S/C26H36ClN3O4S/c1-4-5-17-28-26(32)21(2)29(19-16-22-11-7-6-8-12-22)25(31)15-10-18-30(35(3,33)34)24-14-9-13-23(27)20-24/h6-9,11-14,20-21H,4-5,10,15-19H2,1-3H3,(H,28,32)/t21-/m1/s1. The predicted octanol–water partition coefficient (Wildman–Crippen LogP) is 4.26. The zero-order valence-electron chi connectivity index (χ0n) is 20.7. The van der Waals surface area contributed by atoms with E-state index in [1.54, 1.807) is 36.1 Å². The maximum Gasteiger partial charge on any atom is 0.242 e. The van der Waals surface area contributed by atoms with Gasteiger partial charge in [-0.2, -0.15) is 0 Å². The van der Waals surface area contributed by atoms with Crippen LogP contribution in [0.1, 0.15) is 45.1 Å². The number of anilines is 1. The lowest BCUT2D eigenvalue weighted by molar-refractivity contribution is -0.139. The number of halogens is 1. The molecular weight excluding hydrogens is 486 g/mol. The van der Waals surface area contributed by atoms with Crippen LogP contribution in [0.15, 0.2) is 54.6 Å². The Labute approximate surface area is 214 Å². The van der Waals surface area contributed by atoms with Gasteiger partial charge in [-0.05, 0) is 49.9 Å². The van der Waals surface area contributed by atoms with Gasteiger partial charge < -0.3 is 10.2 Å². The third kappa shape index (κ3) is 9.53. The van der Waals surface area contributed by atoms with Crippen molar-refractivity contribution in [1.29, 1.82) is 0 Å². The first-order valence-electron chi connectivity index (χ1n) is 12.0. The molecule has 0 unspecified atom stereocenters. The van der Waals surface area contributed by atoms with Crippen molar-refractivity contribution in [1.82, 2.24) is 10.2 Å². The van der Waals surface area contributed by atoms with Crippen LogP contribution in [0, 0.1) is 0 Å². The van der Waals surface area contributed by atoms with Gasteiger partial charge >= 0.3 is 0 Å². The molecule has 9 heteroatoms. The molecule has 0 fully saturated rings. The highest BCUT2D eigenvalue weighted by Gasteiger charge is 2.26. The van der Waals surface area contributed by atoms with Gasteiger partial charge in [0.15, 0.2) is 0 Å². The van der Waals surface area contributed by atoms with Crippen LogP contribution in [0.2, 0.25) is 5.02 Å². The zero-order valence-corrected chi connectivity index (χ0v) is 22.3. The van der Waals surface area contributed by atoms with Crippen LogP contribution in [0.4, 0.5) is 5.69 Å². The van der Waals surface area contributed by atoms with E-state index in [-0.39, 0.29) is 24.8 Å². The lowest BCUT2D eigenvalue weighted by Gasteiger charge is -2.29. The van der Waals surface area contributed by atoms with Gasteiger partial charge in [0.2, 0.25) is 21.8 Å². The van der Waals surface area contributed by atoms with E-state index < -0.39 is 16.1 Å². The van der Waals surface area contributed by atoms with E-state index >= 15 is 0 Å². The van der Waals surface area contributed by atoms with Crippen LogP contribution >= 0.6 is 11.6 Å². The summed E-state index contributed by atoms with van der Waals surface area (Å²) in [5.41, 5.74) is 1.53. The summed E-state index contributed by atoms with van der Waals surface area (Å²) >= 11 is 6.04. The van der Waals surface area contributed by atoms with Crippen LogP contribution in [0.5, 0.6) is 0 Å². The summed E-state index contributed by atoms with van der Waals surface area (Å²) in [5, 5.41) is 3.34. The molecule has 0 bridgehead atoms. The van der Waals surface area contributed by atoms with Crippen molar-refractivity contribution in [2.24, 2.45) is 0 Å². The van der Waals surface area contributed by atoms with E-state index in [1.165, 1.54) is 4.31 Å². The molecule has 35 heavy (non-hydrogen) atoms. The van der Waals surface area contributed by atoms with E-state index in [4.69, 9.17) is 11.6 Å². The average molecular weight is 522 g/mol. The van der Waals surface area contributed by atoms with E-state index in [1.807, 2.05) is 30.3 Å². The summed E-state index contributed by atoms with van der Waals surface area (Å²) in [7, 11) is -3.56.